The molecule has 1 unspecified atom stereocenters. The van der Waals surface area contributed by atoms with Crippen molar-refractivity contribution < 1.29 is 14.2 Å². The largest absolute Gasteiger partial charge is 0.497 e. The van der Waals surface area contributed by atoms with Gasteiger partial charge in [-0.2, -0.15) is 0 Å². The van der Waals surface area contributed by atoms with Crippen LogP contribution in [0, 0.1) is 0 Å². The lowest BCUT2D eigenvalue weighted by atomic mass is 10.2. The van der Waals surface area contributed by atoms with Crippen LogP contribution in [0.1, 0.15) is 24.8 Å². The van der Waals surface area contributed by atoms with Gasteiger partial charge in [-0.3, -0.25) is 4.99 Å². The molecule has 0 bridgehead atoms. The van der Waals surface area contributed by atoms with E-state index in [1.807, 2.05) is 31.3 Å². The minimum absolute atomic E-state index is 0. The topological polar surface area (TPSA) is 67.4 Å². The predicted molar refractivity (Wildman–Crippen MR) is 145 cm³/mol. The van der Waals surface area contributed by atoms with Crippen molar-refractivity contribution in [3.8, 4) is 11.5 Å². The number of benzene rings is 2. The number of hydrogen-bond donors (Lipinski definition) is 2. The van der Waals surface area contributed by atoms with E-state index in [0.29, 0.717) is 12.6 Å². The Hall–Kier alpha value is -2.20. The van der Waals surface area contributed by atoms with Crippen LogP contribution in [0.25, 0.3) is 0 Å². The molecule has 1 atom stereocenters. The normalized spacial score (nSPS) is 15.7. The molecule has 8 heteroatoms. The highest BCUT2D eigenvalue weighted by Gasteiger charge is 2.24. The van der Waals surface area contributed by atoms with Gasteiger partial charge in [0, 0.05) is 63.2 Å². The molecule has 1 saturated heterocycles. The fourth-order valence-corrected chi connectivity index (χ4v) is 3.78. The summed E-state index contributed by atoms with van der Waals surface area (Å²) >= 11 is 0. The number of guanidine groups is 1. The van der Waals surface area contributed by atoms with Crippen LogP contribution >= 0.6 is 24.0 Å². The molecule has 0 amide bonds. The van der Waals surface area contributed by atoms with Crippen molar-refractivity contribution >= 4 is 35.6 Å². The molecule has 0 aliphatic carbocycles. The number of nitrogens with zero attached hydrogens (tertiary/aromatic N) is 2. The van der Waals surface area contributed by atoms with Crippen molar-refractivity contribution in [1.82, 2.24) is 10.6 Å². The maximum atomic E-state index is 5.75. The third kappa shape index (κ3) is 8.92. The van der Waals surface area contributed by atoms with Crippen LogP contribution in [-0.2, 0) is 11.3 Å². The Morgan fingerprint density at radius 3 is 2.45 bits per heavy atom. The van der Waals surface area contributed by atoms with Gasteiger partial charge in [0.25, 0.3) is 0 Å². The van der Waals surface area contributed by atoms with E-state index in [1.165, 1.54) is 5.56 Å². The standard InChI is InChI=1S/C25H36N4O3.HI/c1-26-25(27-12-7-8-14-32-19-20-9-5-4-6-10-20)28-21-11-13-29(18-21)22-15-23(30-2)17-24(16-22)31-3;/h4-6,9-10,15-17,21H,7-8,11-14,18-19H2,1-3H3,(H2,26,27,28);1H. The first-order valence-corrected chi connectivity index (χ1v) is 11.3. The summed E-state index contributed by atoms with van der Waals surface area (Å²) < 4.78 is 16.6. The molecule has 0 radical (unpaired) electrons. The van der Waals surface area contributed by atoms with E-state index in [9.17, 15) is 0 Å². The van der Waals surface area contributed by atoms with Crippen molar-refractivity contribution in [3.63, 3.8) is 0 Å². The lowest BCUT2D eigenvalue weighted by Gasteiger charge is -2.21. The fraction of sp³-hybridized carbons (Fsp3) is 0.480. The summed E-state index contributed by atoms with van der Waals surface area (Å²) in [5.74, 6) is 2.47. The summed E-state index contributed by atoms with van der Waals surface area (Å²) in [4.78, 5) is 6.73. The second kappa shape index (κ2) is 14.8. The Kier molecular flexibility index (Phi) is 12.2. The lowest BCUT2D eigenvalue weighted by molar-refractivity contribution is 0.117. The zero-order valence-corrected chi connectivity index (χ0v) is 22.2. The third-order valence-electron chi connectivity index (χ3n) is 5.57. The maximum Gasteiger partial charge on any atom is 0.191 e. The highest BCUT2D eigenvalue weighted by atomic mass is 127. The Morgan fingerprint density at radius 1 is 1.06 bits per heavy atom. The van der Waals surface area contributed by atoms with Gasteiger partial charge < -0.3 is 29.7 Å². The van der Waals surface area contributed by atoms with Gasteiger partial charge in [-0.15, -0.1) is 24.0 Å². The van der Waals surface area contributed by atoms with E-state index in [1.54, 1.807) is 14.2 Å². The second-order valence-corrected chi connectivity index (χ2v) is 7.89. The molecule has 1 aliphatic heterocycles. The number of ether oxygens (including phenoxy) is 3. The average Bonchev–Trinajstić information content (AvgIpc) is 3.31. The van der Waals surface area contributed by atoms with Crippen LogP contribution in [0.5, 0.6) is 11.5 Å². The van der Waals surface area contributed by atoms with E-state index >= 15 is 0 Å². The Balaban J connectivity index is 0.00000385. The van der Waals surface area contributed by atoms with Crippen molar-refractivity contribution in [3.05, 3.63) is 54.1 Å². The zero-order chi connectivity index (χ0) is 22.6. The minimum atomic E-state index is 0. The van der Waals surface area contributed by atoms with Gasteiger partial charge in [-0.25, -0.2) is 0 Å². The molecule has 0 spiro atoms. The van der Waals surface area contributed by atoms with Crippen LogP contribution in [0.3, 0.4) is 0 Å². The molecule has 182 valence electrons. The molecule has 2 aromatic carbocycles. The molecular formula is C25H37IN4O3. The molecule has 2 aromatic rings. The van der Waals surface area contributed by atoms with Gasteiger partial charge in [-0.05, 0) is 24.8 Å². The summed E-state index contributed by atoms with van der Waals surface area (Å²) in [5.41, 5.74) is 2.33. The molecule has 3 rings (SSSR count). The number of rotatable bonds is 11. The van der Waals surface area contributed by atoms with E-state index in [0.717, 1.165) is 68.6 Å². The third-order valence-corrected chi connectivity index (χ3v) is 5.57. The van der Waals surface area contributed by atoms with Crippen LogP contribution in [-0.4, -0.2) is 59.5 Å². The minimum Gasteiger partial charge on any atom is -0.497 e. The van der Waals surface area contributed by atoms with Crippen LogP contribution in [0.4, 0.5) is 5.69 Å². The lowest BCUT2D eigenvalue weighted by Crippen LogP contribution is -2.44. The second-order valence-electron chi connectivity index (χ2n) is 7.89. The van der Waals surface area contributed by atoms with Gasteiger partial charge >= 0.3 is 0 Å². The van der Waals surface area contributed by atoms with Crippen molar-refractivity contribution in [2.45, 2.75) is 31.9 Å². The van der Waals surface area contributed by atoms with Gasteiger partial charge in [0.15, 0.2) is 5.96 Å². The molecule has 33 heavy (non-hydrogen) atoms. The van der Waals surface area contributed by atoms with E-state index < -0.39 is 0 Å². The van der Waals surface area contributed by atoms with Crippen LogP contribution in [0.15, 0.2) is 53.5 Å². The highest BCUT2D eigenvalue weighted by molar-refractivity contribution is 14.0. The number of nitrogens with one attached hydrogen (secondary N) is 2. The molecular weight excluding hydrogens is 531 g/mol. The van der Waals surface area contributed by atoms with Crippen molar-refractivity contribution in [2.24, 2.45) is 4.99 Å². The van der Waals surface area contributed by atoms with Gasteiger partial charge in [0.1, 0.15) is 11.5 Å². The fourth-order valence-electron chi connectivity index (χ4n) is 3.78. The SMILES string of the molecule is CN=C(NCCCCOCc1ccccc1)NC1CCN(c2cc(OC)cc(OC)c2)C1.I. The number of unbranched alkanes of at least 4 members (excludes halogenated alkanes) is 1. The first kappa shape index (κ1) is 27.0. The number of methoxy groups -OCH3 is 2. The predicted octanol–water partition coefficient (Wildman–Crippen LogP) is 4.06. The number of halogens is 1. The summed E-state index contributed by atoms with van der Waals surface area (Å²) in [6, 6.07) is 16.6. The number of aliphatic imine (C=N–C) groups is 1. The van der Waals surface area contributed by atoms with Crippen molar-refractivity contribution in [2.75, 3.05) is 52.4 Å². The van der Waals surface area contributed by atoms with Gasteiger partial charge in [0.05, 0.1) is 20.8 Å². The summed E-state index contributed by atoms with van der Waals surface area (Å²) in [5, 5.41) is 6.97. The Morgan fingerprint density at radius 2 is 1.79 bits per heavy atom. The molecule has 1 aliphatic rings. The number of hydrogen-bond acceptors (Lipinski definition) is 5. The summed E-state index contributed by atoms with van der Waals surface area (Å²) in [6.45, 7) is 4.20. The maximum absolute atomic E-state index is 5.75. The quantitative estimate of drug-likeness (QED) is 0.185. The number of anilines is 1. The zero-order valence-electron chi connectivity index (χ0n) is 19.9. The average molecular weight is 569 g/mol. The van der Waals surface area contributed by atoms with Crippen molar-refractivity contribution in [1.29, 1.82) is 0 Å². The first-order chi connectivity index (χ1) is 15.7. The van der Waals surface area contributed by atoms with E-state index in [2.05, 4.69) is 44.8 Å². The molecule has 0 aromatic heterocycles. The first-order valence-electron chi connectivity index (χ1n) is 11.3. The Bertz CT molecular complexity index is 829. The van der Waals surface area contributed by atoms with E-state index in [4.69, 9.17) is 14.2 Å². The van der Waals surface area contributed by atoms with Crippen LogP contribution < -0.4 is 25.0 Å². The molecule has 1 fully saturated rings. The van der Waals surface area contributed by atoms with E-state index in [-0.39, 0.29) is 24.0 Å². The summed E-state index contributed by atoms with van der Waals surface area (Å²) in [7, 11) is 5.17. The molecule has 1 heterocycles. The Labute approximate surface area is 214 Å². The molecule has 2 N–H and O–H groups in total. The van der Waals surface area contributed by atoms with Gasteiger partial charge in [-0.1, -0.05) is 30.3 Å². The monoisotopic (exact) mass is 568 g/mol. The van der Waals surface area contributed by atoms with Crippen LogP contribution in [0.2, 0.25) is 0 Å². The highest BCUT2D eigenvalue weighted by Crippen LogP contribution is 2.30. The summed E-state index contributed by atoms with van der Waals surface area (Å²) in [6.07, 6.45) is 3.11. The molecule has 7 nitrogen and oxygen atoms in total. The van der Waals surface area contributed by atoms with Gasteiger partial charge in [0.2, 0.25) is 0 Å². The smallest absolute Gasteiger partial charge is 0.191 e. The molecule has 0 saturated carbocycles.